The number of H-pyrrole nitrogens is 1. The fourth-order valence-electron chi connectivity index (χ4n) is 1.54. The lowest BCUT2D eigenvalue weighted by Gasteiger charge is -2.01. The molecule has 7 heteroatoms. The Labute approximate surface area is 96.5 Å². The van der Waals surface area contributed by atoms with E-state index in [1.165, 1.54) is 6.33 Å². The van der Waals surface area contributed by atoms with Gasteiger partial charge in [-0.2, -0.15) is 10.3 Å². The van der Waals surface area contributed by atoms with Crippen LogP contribution in [0, 0.1) is 0 Å². The molecule has 0 aliphatic heterocycles. The predicted molar refractivity (Wildman–Crippen MR) is 58.7 cm³/mol. The maximum atomic E-state index is 4.05. The molecule has 0 bridgehead atoms. The summed E-state index contributed by atoms with van der Waals surface area (Å²) in [5.74, 6) is 0.595. The number of nitrogens with zero attached hydrogens (tertiary/aromatic N) is 6. The van der Waals surface area contributed by atoms with Crippen LogP contribution in [-0.2, 0) is 6.54 Å². The Morgan fingerprint density at radius 1 is 1.18 bits per heavy atom. The van der Waals surface area contributed by atoms with Gasteiger partial charge in [0.1, 0.15) is 12.7 Å². The van der Waals surface area contributed by atoms with Crippen molar-refractivity contribution in [2.45, 2.75) is 6.54 Å². The Kier molecular flexibility index (Phi) is 2.34. The molecule has 84 valence electrons. The van der Waals surface area contributed by atoms with Crippen LogP contribution in [0.3, 0.4) is 0 Å². The highest BCUT2D eigenvalue weighted by molar-refractivity contribution is 5.54. The molecule has 2 aromatic heterocycles. The van der Waals surface area contributed by atoms with Gasteiger partial charge in [-0.05, 0) is 10.8 Å². The summed E-state index contributed by atoms with van der Waals surface area (Å²) < 4.78 is 1.77. The molecular formula is C10H9N7. The van der Waals surface area contributed by atoms with Crippen molar-refractivity contribution in [2.75, 3.05) is 0 Å². The lowest BCUT2D eigenvalue weighted by atomic mass is 10.1. The maximum absolute atomic E-state index is 4.05. The van der Waals surface area contributed by atoms with Crippen LogP contribution < -0.4 is 0 Å². The van der Waals surface area contributed by atoms with Gasteiger partial charge in [-0.1, -0.05) is 24.3 Å². The van der Waals surface area contributed by atoms with Crippen LogP contribution >= 0.6 is 0 Å². The van der Waals surface area contributed by atoms with Gasteiger partial charge in [0.15, 0.2) is 0 Å². The third-order valence-electron chi connectivity index (χ3n) is 2.37. The highest BCUT2D eigenvalue weighted by atomic mass is 15.5. The van der Waals surface area contributed by atoms with E-state index >= 15 is 0 Å². The van der Waals surface area contributed by atoms with Gasteiger partial charge in [0.05, 0.1) is 6.54 Å². The van der Waals surface area contributed by atoms with Crippen LogP contribution in [0.25, 0.3) is 11.4 Å². The monoisotopic (exact) mass is 227 g/mol. The summed E-state index contributed by atoms with van der Waals surface area (Å²) in [5, 5.41) is 17.8. The van der Waals surface area contributed by atoms with Gasteiger partial charge in [0, 0.05) is 5.56 Å². The second-order valence-corrected chi connectivity index (χ2v) is 3.53. The first-order valence-electron chi connectivity index (χ1n) is 5.07. The summed E-state index contributed by atoms with van der Waals surface area (Å²) in [4.78, 5) is 3.90. The van der Waals surface area contributed by atoms with Gasteiger partial charge in [0.2, 0.25) is 5.82 Å². The second-order valence-electron chi connectivity index (χ2n) is 3.53. The zero-order valence-electron chi connectivity index (χ0n) is 8.85. The summed E-state index contributed by atoms with van der Waals surface area (Å²) in [5.41, 5.74) is 2.07. The van der Waals surface area contributed by atoms with E-state index in [9.17, 15) is 0 Å². The Hall–Kier alpha value is -2.57. The minimum absolute atomic E-state index is 0.595. The van der Waals surface area contributed by atoms with E-state index in [0.29, 0.717) is 12.4 Å². The second kappa shape index (κ2) is 4.12. The first kappa shape index (κ1) is 9.64. The Bertz CT molecular complexity index is 568. The topological polar surface area (TPSA) is 85.2 Å². The third-order valence-corrected chi connectivity index (χ3v) is 2.37. The van der Waals surface area contributed by atoms with Crippen LogP contribution in [0.2, 0.25) is 0 Å². The number of aromatic amines is 1. The first-order valence-corrected chi connectivity index (χ1v) is 5.07. The smallest absolute Gasteiger partial charge is 0.204 e. The summed E-state index contributed by atoms with van der Waals surface area (Å²) in [6.07, 6.45) is 3.21. The average Bonchev–Trinajstić information content (AvgIpc) is 3.01. The molecule has 0 saturated carbocycles. The van der Waals surface area contributed by atoms with Gasteiger partial charge in [0.25, 0.3) is 0 Å². The number of tetrazole rings is 1. The molecule has 0 fully saturated rings. The molecule has 3 aromatic rings. The molecule has 0 amide bonds. The van der Waals surface area contributed by atoms with Crippen LogP contribution in [0.15, 0.2) is 36.9 Å². The molecule has 0 atom stereocenters. The molecule has 2 heterocycles. The van der Waals surface area contributed by atoms with E-state index in [0.717, 1.165) is 11.1 Å². The van der Waals surface area contributed by atoms with Gasteiger partial charge in [-0.25, -0.2) is 9.67 Å². The Morgan fingerprint density at radius 3 is 2.71 bits per heavy atom. The van der Waals surface area contributed by atoms with Crippen LogP contribution in [-0.4, -0.2) is 35.4 Å². The molecule has 0 spiro atoms. The van der Waals surface area contributed by atoms with Crippen molar-refractivity contribution < 1.29 is 0 Å². The van der Waals surface area contributed by atoms with Crippen LogP contribution in [0.1, 0.15) is 5.56 Å². The normalized spacial score (nSPS) is 10.6. The number of hydrogen-bond donors (Lipinski definition) is 1. The van der Waals surface area contributed by atoms with Gasteiger partial charge < -0.3 is 0 Å². The van der Waals surface area contributed by atoms with Crippen molar-refractivity contribution in [3.05, 3.63) is 42.5 Å². The summed E-state index contributed by atoms with van der Waals surface area (Å²) in [6.45, 7) is 0.701. The largest absolute Gasteiger partial charge is 0.249 e. The predicted octanol–water partition coefficient (Wildman–Crippen LogP) is 0.506. The van der Waals surface area contributed by atoms with Gasteiger partial charge >= 0.3 is 0 Å². The van der Waals surface area contributed by atoms with Crippen LogP contribution in [0.4, 0.5) is 0 Å². The van der Waals surface area contributed by atoms with Gasteiger partial charge in [-0.3, -0.25) is 0 Å². The van der Waals surface area contributed by atoms with Crippen molar-refractivity contribution in [1.82, 2.24) is 35.4 Å². The van der Waals surface area contributed by atoms with E-state index in [2.05, 4.69) is 30.7 Å². The highest BCUT2D eigenvalue weighted by Gasteiger charge is 2.02. The standard InChI is InChI=1S/C10H9N7/c1-3-9(10-13-15-16-14-10)4-2-8(1)5-17-7-11-6-12-17/h1-4,6-7H,5H2,(H,13,14,15,16). The first-order chi connectivity index (χ1) is 8.42. The maximum Gasteiger partial charge on any atom is 0.204 e. The summed E-state index contributed by atoms with van der Waals surface area (Å²) in [7, 11) is 0. The van der Waals surface area contributed by atoms with Crippen molar-refractivity contribution in [1.29, 1.82) is 0 Å². The summed E-state index contributed by atoms with van der Waals surface area (Å²) in [6, 6.07) is 7.93. The number of hydrogen-bond acceptors (Lipinski definition) is 5. The number of benzene rings is 1. The molecule has 1 aromatic carbocycles. The third kappa shape index (κ3) is 2.03. The molecule has 0 saturated heterocycles. The molecule has 0 aliphatic rings. The number of nitrogens with one attached hydrogen (secondary N) is 1. The zero-order chi connectivity index (χ0) is 11.5. The molecule has 0 radical (unpaired) electrons. The molecular weight excluding hydrogens is 218 g/mol. The average molecular weight is 227 g/mol. The minimum Gasteiger partial charge on any atom is -0.249 e. The van der Waals surface area contributed by atoms with E-state index < -0.39 is 0 Å². The highest BCUT2D eigenvalue weighted by Crippen LogP contribution is 2.14. The quantitative estimate of drug-likeness (QED) is 0.704. The fraction of sp³-hybridized carbons (Fsp3) is 0.100. The molecule has 1 N–H and O–H groups in total. The van der Waals surface area contributed by atoms with Crippen molar-refractivity contribution in [3.8, 4) is 11.4 Å². The Morgan fingerprint density at radius 2 is 2.06 bits per heavy atom. The van der Waals surface area contributed by atoms with Crippen molar-refractivity contribution >= 4 is 0 Å². The SMILES string of the molecule is c1ncn(Cc2ccc(-c3nn[nH]n3)cc2)n1. The van der Waals surface area contributed by atoms with Gasteiger partial charge in [-0.15, -0.1) is 10.2 Å². The fourth-order valence-corrected chi connectivity index (χ4v) is 1.54. The number of aromatic nitrogens is 7. The minimum atomic E-state index is 0.595. The van der Waals surface area contributed by atoms with Crippen molar-refractivity contribution in [2.24, 2.45) is 0 Å². The molecule has 0 aliphatic carbocycles. The van der Waals surface area contributed by atoms with Crippen LogP contribution in [0.5, 0.6) is 0 Å². The Balaban J connectivity index is 1.81. The van der Waals surface area contributed by atoms with Crippen molar-refractivity contribution in [3.63, 3.8) is 0 Å². The molecule has 7 nitrogen and oxygen atoms in total. The lowest BCUT2D eigenvalue weighted by Crippen LogP contribution is -1.99. The lowest BCUT2D eigenvalue weighted by molar-refractivity contribution is 0.685. The summed E-state index contributed by atoms with van der Waals surface area (Å²) >= 11 is 0. The number of rotatable bonds is 3. The molecule has 0 unspecified atom stereocenters. The van der Waals surface area contributed by atoms with E-state index in [4.69, 9.17) is 0 Å². The molecule has 17 heavy (non-hydrogen) atoms. The molecule has 3 rings (SSSR count). The van der Waals surface area contributed by atoms with E-state index in [-0.39, 0.29) is 0 Å². The van der Waals surface area contributed by atoms with E-state index in [1.54, 1.807) is 11.0 Å². The zero-order valence-corrected chi connectivity index (χ0v) is 8.85. The van der Waals surface area contributed by atoms with E-state index in [1.807, 2.05) is 24.3 Å².